The maximum absolute atomic E-state index is 4.17. The molecule has 42 valence electrons. The Morgan fingerprint density at radius 1 is 1.71 bits per heavy atom. The zero-order valence-corrected chi connectivity index (χ0v) is 9.20. The Labute approximate surface area is 67.7 Å². The molecule has 0 saturated heterocycles. The molecule has 0 aliphatic carbocycles. The molecule has 1 unspecified atom stereocenters. The molecule has 0 nitrogen and oxygen atoms in total. The van der Waals surface area contributed by atoms with Gasteiger partial charge < -0.3 is 0 Å². The van der Waals surface area contributed by atoms with Gasteiger partial charge in [0.2, 0.25) is 0 Å². The minimum absolute atomic E-state index is 0.579. The molecule has 0 aliphatic heterocycles. The molecule has 0 spiro atoms. The van der Waals surface area contributed by atoms with Gasteiger partial charge in [0.05, 0.1) is 0 Å². The molecule has 7 heavy (non-hydrogen) atoms. The van der Waals surface area contributed by atoms with Gasteiger partial charge in [-0.2, -0.15) is 12.6 Å². The van der Waals surface area contributed by atoms with Crippen molar-refractivity contribution in [3.63, 3.8) is 0 Å². The third-order valence-electron chi connectivity index (χ3n) is 0.591. The van der Waals surface area contributed by atoms with Gasteiger partial charge in [0.1, 0.15) is 0 Å². The Bertz CT molecular complexity index is 30.9. The average Bonchev–Trinajstić information content (AvgIpc) is 1.73. The van der Waals surface area contributed by atoms with Gasteiger partial charge in [-0.25, -0.2) is 0 Å². The summed E-state index contributed by atoms with van der Waals surface area (Å²) >= 11 is 5.23. The fourth-order valence-corrected chi connectivity index (χ4v) is 0. The molecule has 0 aromatic heterocycles. The molecule has 2 radical (unpaired) electrons. The van der Waals surface area contributed by atoms with E-state index in [1.54, 1.807) is 0 Å². The van der Waals surface area contributed by atoms with Crippen molar-refractivity contribution in [1.82, 2.24) is 0 Å². The minimum atomic E-state index is 0.579. The van der Waals surface area contributed by atoms with E-state index in [1.165, 1.54) is 6.42 Å². The fourth-order valence-electron chi connectivity index (χ4n) is 0. The molecular formula is C4H10S2Sn. The quantitative estimate of drug-likeness (QED) is 0.541. The van der Waals surface area contributed by atoms with Gasteiger partial charge in [-0.15, -0.1) is 0 Å². The predicted octanol–water partition coefficient (Wildman–Crippen LogP) is 1.98. The van der Waals surface area contributed by atoms with Crippen LogP contribution in [-0.2, 0) is 0 Å². The second-order valence-corrected chi connectivity index (χ2v) is 2.14. The summed E-state index contributed by atoms with van der Waals surface area (Å²) in [6.07, 6.45) is 1.17. The molecule has 0 bridgehead atoms. The Kier molecular flexibility index (Phi) is 16.6. The number of thiol groups is 1. The van der Waals surface area contributed by atoms with Crippen LogP contribution in [-0.4, -0.2) is 25.8 Å². The fraction of sp³-hybridized carbons (Fsp3) is 1.00. The van der Waals surface area contributed by atoms with Crippen LogP contribution in [0, 0.1) is 0 Å². The van der Waals surface area contributed by atoms with Gasteiger partial charge >= 0.3 is 29.9 Å². The van der Waals surface area contributed by atoms with Crippen LogP contribution in [0.25, 0.3) is 0 Å². The first-order valence-corrected chi connectivity index (χ1v) is 6.58. The standard InChI is InChI=1S/C4H10S.S.Sn/c1-3-4(2)5;;/h4-5H,3H2,1-2H3;;. The molecule has 1 atom stereocenters. The van der Waals surface area contributed by atoms with Crippen molar-refractivity contribution in [1.29, 1.82) is 0 Å². The molecule has 0 N–H and O–H groups in total. The summed E-state index contributed by atoms with van der Waals surface area (Å²) in [6.45, 7) is 4.21. The van der Waals surface area contributed by atoms with Gasteiger partial charge in [-0.05, 0) is 11.7 Å². The topological polar surface area (TPSA) is 0 Å². The summed E-state index contributed by atoms with van der Waals surface area (Å²) in [6, 6.07) is 0. The van der Waals surface area contributed by atoms with Crippen molar-refractivity contribution in [3.8, 4) is 0 Å². The summed E-state index contributed by atoms with van der Waals surface area (Å²) in [5, 5.41) is 0.579. The third-order valence-corrected chi connectivity index (χ3v) is 0.956. The van der Waals surface area contributed by atoms with E-state index in [9.17, 15) is 0 Å². The summed E-state index contributed by atoms with van der Waals surface area (Å²) in [5.74, 6) is 0. The van der Waals surface area contributed by atoms with E-state index in [2.05, 4.69) is 35.8 Å². The number of rotatable bonds is 1. The Balaban J connectivity index is 0. The van der Waals surface area contributed by atoms with Gasteiger partial charge in [0.15, 0.2) is 0 Å². The van der Waals surface area contributed by atoms with Crippen molar-refractivity contribution in [3.05, 3.63) is 0 Å². The van der Waals surface area contributed by atoms with Crippen molar-refractivity contribution >= 4 is 42.5 Å². The van der Waals surface area contributed by atoms with Gasteiger partial charge in [0.25, 0.3) is 0 Å². The van der Waals surface area contributed by atoms with Crippen LogP contribution in [0.15, 0.2) is 0 Å². The predicted molar refractivity (Wildman–Crippen MR) is 42.1 cm³/mol. The van der Waals surface area contributed by atoms with Gasteiger partial charge in [-0.3, -0.25) is 0 Å². The van der Waals surface area contributed by atoms with Crippen LogP contribution >= 0.6 is 21.9 Å². The SMILES string of the molecule is CCC(C)S.[S]=[Sn]. The van der Waals surface area contributed by atoms with Crippen LogP contribution < -0.4 is 0 Å². The van der Waals surface area contributed by atoms with E-state index < -0.39 is 0 Å². The molecule has 0 rings (SSSR count). The van der Waals surface area contributed by atoms with Crippen LogP contribution in [0.3, 0.4) is 0 Å². The third kappa shape index (κ3) is 18.7. The number of hydrogen-bond donors (Lipinski definition) is 1. The molecule has 0 saturated carbocycles. The van der Waals surface area contributed by atoms with E-state index in [0.717, 1.165) is 20.6 Å². The van der Waals surface area contributed by atoms with Gasteiger partial charge in [0, 0.05) is 0 Å². The van der Waals surface area contributed by atoms with E-state index >= 15 is 0 Å². The Hall–Kier alpha value is 1.37. The molecular weight excluding hydrogens is 231 g/mol. The zero-order valence-electron chi connectivity index (χ0n) is 4.64. The molecule has 0 aromatic carbocycles. The first-order valence-electron chi connectivity index (χ1n) is 2.16. The first kappa shape index (κ1) is 11.2. The monoisotopic (exact) mass is 242 g/mol. The van der Waals surface area contributed by atoms with Crippen LogP contribution in [0.2, 0.25) is 0 Å². The van der Waals surface area contributed by atoms with E-state index in [4.69, 9.17) is 0 Å². The van der Waals surface area contributed by atoms with Gasteiger partial charge in [-0.1, -0.05) is 13.8 Å². The van der Waals surface area contributed by atoms with Crippen LogP contribution in [0.4, 0.5) is 0 Å². The van der Waals surface area contributed by atoms with E-state index in [0.29, 0.717) is 5.25 Å². The molecule has 0 heterocycles. The zero-order chi connectivity index (χ0) is 6.28. The Morgan fingerprint density at radius 3 is 1.86 bits per heavy atom. The van der Waals surface area contributed by atoms with Crippen molar-refractivity contribution in [2.45, 2.75) is 25.5 Å². The summed E-state index contributed by atoms with van der Waals surface area (Å²) in [7, 11) is 4.17. The second-order valence-electron chi connectivity index (χ2n) is 1.26. The second kappa shape index (κ2) is 10.4. The summed E-state index contributed by atoms with van der Waals surface area (Å²) in [4.78, 5) is 0. The normalized spacial score (nSPS) is 11.3. The molecule has 0 aliphatic rings. The number of hydrogen-bond acceptors (Lipinski definition) is 2. The van der Waals surface area contributed by atoms with Crippen LogP contribution in [0.5, 0.6) is 0 Å². The summed E-state index contributed by atoms with van der Waals surface area (Å²) < 4.78 is 0. The van der Waals surface area contributed by atoms with Crippen molar-refractivity contribution in [2.24, 2.45) is 0 Å². The Morgan fingerprint density at radius 2 is 1.86 bits per heavy atom. The van der Waals surface area contributed by atoms with E-state index in [1.807, 2.05) is 0 Å². The first-order chi connectivity index (χ1) is 3.27. The van der Waals surface area contributed by atoms with E-state index in [-0.39, 0.29) is 0 Å². The van der Waals surface area contributed by atoms with Crippen molar-refractivity contribution in [2.75, 3.05) is 0 Å². The molecule has 3 heteroatoms. The molecule has 0 aromatic rings. The summed E-state index contributed by atoms with van der Waals surface area (Å²) in [5.41, 5.74) is 0. The average molecular weight is 241 g/mol. The van der Waals surface area contributed by atoms with Crippen molar-refractivity contribution < 1.29 is 0 Å². The molecule has 0 fully saturated rings. The molecule has 0 amide bonds. The van der Waals surface area contributed by atoms with Crippen LogP contribution in [0.1, 0.15) is 20.3 Å². The maximum atomic E-state index is 4.17.